The number of amides is 1. The van der Waals surface area contributed by atoms with Crippen LogP contribution in [0, 0.1) is 0 Å². The van der Waals surface area contributed by atoms with Gasteiger partial charge in [-0.15, -0.1) is 0 Å². The van der Waals surface area contributed by atoms with Crippen LogP contribution in [0.4, 0.5) is 4.79 Å². The molecule has 0 aliphatic heterocycles. The van der Waals surface area contributed by atoms with E-state index >= 15 is 0 Å². The first-order valence-electron chi connectivity index (χ1n) is 6.08. The van der Waals surface area contributed by atoms with Crippen LogP contribution in [0.1, 0.15) is 27.7 Å². The maximum Gasteiger partial charge on any atom is 0.407 e. The molecule has 0 saturated carbocycles. The van der Waals surface area contributed by atoms with E-state index in [0.717, 1.165) is 5.03 Å². The lowest BCUT2D eigenvalue weighted by molar-refractivity contribution is 0.0528. The second-order valence-electron chi connectivity index (χ2n) is 5.04. The third-order valence-electron chi connectivity index (χ3n) is 1.87. The van der Waals surface area contributed by atoms with Crippen molar-refractivity contribution in [1.29, 1.82) is 0 Å². The normalized spacial score (nSPS) is 12.8. The van der Waals surface area contributed by atoms with Crippen LogP contribution in [0.15, 0.2) is 29.4 Å². The van der Waals surface area contributed by atoms with Gasteiger partial charge in [0.1, 0.15) is 10.6 Å². The van der Waals surface area contributed by atoms with E-state index in [2.05, 4.69) is 17.2 Å². The molecule has 1 rings (SSSR count). The number of nitrogens with zero attached hydrogens (tertiary/aromatic N) is 1. The van der Waals surface area contributed by atoms with Crippen molar-refractivity contribution in [1.82, 2.24) is 10.3 Å². The Morgan fingerprint density at radius 3 is 2.79 bits per heavy atom. The number of pyridine rings is 1. The van der Waals surface area contributed by atoms with Crippen LogP contribution in [-0.2, 0) is 4.74 Å². The summed E-state index contributed by atoms with van der Waals surface area (Å²) in [6.07, 6.45) is 1.40. The summed E-state index contributed by atoms with van der Waals surface area (Å²) in [4.78, 5) is 15.7. The fourth-order valence-corrected chi connectivity index (χ4v) is 3.04. The average Bonchev–Trinajstić information content (AvgIpc) is 2.33. The van der Waals surface area contributed by atoms with Gasteiger partial charge in [0.25, 0.3) is 0 Å². The molecule has 19 heavy (non-hydrogen) atoms. The highest BCUT2D eigenvalue weighted by Gasteiger charge is 2.16. The van der Waals surface area contributed by atoms with Crippen LogP contribution in [0.3, 0.4) is 0 Å². The van der Waals surface area contributed by atoms with Gasteiger partial charge >= 0.3 is 6.09 Å². The first-order chi connectivity index (χ1) is 8.87. The molecule has 106 valence electrons. The van der Waals surface area contributed by atoms with Crippen molar-refractivity contribution in [2.24, 2.45) is 0 Å². The van der Waals surface area contributed by atoms with E-state index in [1.807, 2.05) is 39.0 Å². The summed E-state index contributed by atoms with van der Waals surface area (Å²) in [6.45, 7) is 8.17. The molecule has 0 bridgehead atoms. The highest BCUT2D eigenvalue weighted by atomic mass is 33.1. The zero-order chi connectivity index (χ0) is 14.3. The summed E-state index contributed by atoms with van der Waals surface area (Å²) in [5.74, 6) is 0. The van der Waals surface area contributed by atoms with E-state index in [-0.39, 0.29) is 11.3 Å². The Morgan fingerprint density at radius 1 is 1.47 bits per heavy atom. The minimum absolute atomic E-state index is 0.277. The third-order valence-corrected chi connectivity index (χ3v) is 4.66. The molecule has 1 aromatic rings. The molecule has 4 nitrogen and oxygen atoms in total. The SMILES string of the molecule is CC(CNC(=O)OC(C)(C)C)SSc1ccccn1. The molecule has 0 aromatic carbocycles. The molecule has 1 heterocycles. The molecule has 6 heteroatoms. The smallest absolute Gasteiger partial charge is 0.407 e. The first kappa shape index (κ1) is 16.2. The quantitative estimate of drug-likeness (QED) is 0.840. The number of aromatic nitrogens is 1. The van der Waals surface area contributed by atoms with Gasteiger partial charge in [-0.3, -0.25) is 0 Å². The molecule has 1 unspecified atom stereocenters. The third kappa shape index (κ3) is 8.00. The van der Waals surface area contributed by atoms with Crippen LogP contribution >= 0.6 is 21.6 Å². The number of carbonyl (C=O) groups excluding carboxylic acids is 1. The number of rotatable bonds is 5. The van der Waals surface area contributed by atoms with Gasteiger partial charge in [-0.25, -0.2) is 9.78 Å². The summed E-state index contributed by atoms with van der Waals surface area (Å²) in [5.41, 5.74) is -0.455. The van der Waals surface area contributed by atoms with Gasteiger partial charge < -0.3 is 10.1 Å². The molecule has 0 spiro atoms. The minimum Gasteiger partial charge on any atom is -0.444 e. The Labute approximate surface area is 122 Å². The van der Waals surface area contributed by atoms with Gasteiger partial charge in [0.15, 0.2) is 0 Å². The molecule has 1 aromatic heterocycles. The predicted octanol–water partition coefficient (Wildman–Crippen LogP) is 3.74. The van der Waals surface area contributed by atoms with Crippen molar-refractivity contribution in [3.05, 3.63) is 24.4 Å². The van der Waals surface area contributed by atoms with Crippen molar-refractivity contribution in [2.45, 2.75) is 43.6 Å². The summed E-state index contributed by atoms with van der Waals surface area (Å²) in [7, 11) is 3.28. The number of nitrogens with one attached hydrogen (secondary N) is 1. The van der Waals surface area contributed by atoms with Crippen LogP contribution < -0.4 is 5.32 Å². The van der Waals surface area contributed by atoms with Crippen molar-refractivity contribution >= 4 is 27.7 Å². The van der Waals surface area contributed by atoms with Gasteiger partial charge in [-0.05, 0) is 43.7 Å². The lowest BCUT2D eigenvalue weighted by Gasteiger charge is -2.20. The van der Waals surface area contributed by atoms with Gasteiger partial charge in [0.05, 0.1) is 0 Å². The van der Waals surface area contributed by atoms with E-state index < -0.39 is 5.60 Å². The fraction of sp³-hybridized carbons (Fsp3) is 0.538. The summed E-state index contributed by atoms with van der Waals surface area (Å²) in [5, 5.41) is 4.01. The number of ether oxygens (including phenoxy) is 1. The molecular weight excluding hydrogens is 280 g/mol. The molecule has 0 fully saturated rings. The topological polar surface area (TPSA) is 51.2 Å². The lowest BCUT2D eigenvalue weighted by Crippen LogP contribution is -2.35. The molecule has 0 radical (unpaired) electrons. The maximum absolute atomic E-state index is 11.5. The van der Waals surface area contributed by atoms with E-state index in [1.165, 1.54) is 0 Å². The maximum atomic E-state index is 11.5. The van der Waals surface area contributed by atoms with Crippen molar-refractivity contribution < 1.29 is 9.53 Å². The van der Waals surface area contributed by atoms with Gasteiger partial charge in [-0.2, -0.15) is 0 Å². The Kier molecular flexibility index (Phi) is 6.51. The van der Waals surface area contributed by atoms with Crippen molar-refractivity contribution in [3.63, 3.8) is 0 Å². The zero-order valence-electron chi connectivity index (χ0n) is 11.7. The van der Waals surface area contributed by atoms with Crippen molar-refractivity contribution in [3.8, 4) is 0 Å². The fourth-order valence-electron chi connectivity index (χ4n) is 1.10. The number of hydrogen-bond donors (Lipinski definition) is 1. The van der Waals surface area contributed by atoms with Crippen molar-refractivity contribution in [2.75, 3.05) is 6.54 Å². The van der Waals surface area contributed by atoms with Crippen LogP contribution in [0.2, 0.25) is 0 Å². The van der Waals surface area contributed by atoms with Gasteiger partial charge in [-0.1, -0.05) is 23.8 Å². The predicted molar refractivity (Wildman–Crippen MR) is 81.4 cm³/mol. The molecule has 0 saturated heterocycles. The second-order valence-corrected chi connectivity index (χ2v) is 7.70. The largest absolute Gasteiger partial charge is 0.444 e. The lowest BCUT2D eigenvalue weighted by atomic mass is 10.2. The van der Waals surface area contributed by atoms with E-state index in [9.17, 15) is 4.79 Å². The molecular formula is C13H20N2O2S2. The Balaban J connectivity index is 2.21. The first-order valence-corrected chi connectivity index (χ1v) is 8.29. The summed E-state index contributed by atoms with van der Waals surface area (Å²) in [6, 6.07) is 5.81. The van der Waals surface area contributed by atoms with E-state index in [0.29, 0.717) is 6.54 Å². The number of carbonyl (C=O) groups is 1. The molecule has 1 atom stereocenters. The standard InChI is InChI=1S/C13H20N2O2S2/c1-10(9-15-12(16)17-13(2,3)4)18-19-11-7-5-6-8-14-11/h5-8,10H,9H2,1-4H3,(H,15,16). The van der Waals surface area contributed by atoms with Crippen LogP contribution in [0.25, 0.3) is 0 Å². The van der Waals surface area contributed by atoms with E-state index in [4.69, 9.17) is 4.74 Å². The molecule has 0 aliphatic rings. The Bertz CT molecular complexity index is 393. The molecule has 1 N–H and O–H groups in total. The Morgan fingerprint density at radius 2 is 2.21 bits per heavy atom. The monoisotopic (exact) mass is 300 g/mol. The average molecular weight is 300 g/mol. The zero-order valence-corrected chi connectivity index (χ0v) is 13.3. The number of hydrogen-bond acceptors (Lipinski definition) is 5. The molecule has 0 aliphatic carbocycles. The second kappa shape index (κ2) is 7.65. The van der Waals surface area contributed by atoms with Crippen LogP contribution in [-0.4, -0.2) is 28.5 Å². The summed E-state index contributed by atoms with van der Waals surface area (Å²) < 4.78 is 5.17. The van der Waals surface area contributed by atoms with Crippen LogP contribution in [0.5, 0.6) is 0 Å². The van der Waals surface area contributed by atoms with E-state index in [1.54, 1.807) is 27.8 Å². The van der Waals surface area contributed by atoms with Gasteiger partial charge in [0, 0.05) is 18.0 Å². The highest BCUT2D eigenvalue weighted by Crippen LogP contribution is 2.32. The number of alkyl carbamates (subject to hydrolysis) is 1. The highest BCUT2D eigenvalue weighted by molar-refractivity contribution is 8.76. The Hall–Kier alpha value is -0.880. The van der Waals surface area contributed by atoms with Gasteiger partial charge in [0.2, 0.25) is 0 Å². The molecule has 1 amide bonds. The summed E-state index contributed by atoms with van der Waals surface area (Å²) >= 11 is 0. The minimum atomic E-state index is -0.455.